The molecule has 0 fully saturated rings. The van der Waals surface area contributed by atoms with Gasteiger partial charge in [0.15, 0.2) is 0 Å². The molecule has 0 aliphatic heterocycles. The van der Waals surface area contributed by atoms with E-state index in [1.165, 1.54) is 26.4 Å². The predicted molar refractivity (Wildman–Crippen MR) is 66.2 cm³/mol. The maximum Gasteiger partial charge on any atom is 0.408 e. The lowest BCUT2D eigenvalue weighted by Crippen LogP contribution is -2.40. The highest BCUT2D eigenvalue weighted by Crippen LogP contribution is 2.06. The molecule has 104 valence electrons. The summed E-state index contributed by atoms with van der Waals surface area (Å²) in [6.45, 7) is 5.53. The lowest BCUT2D eigenvalue weighted by atomic mass is 10.2. The number of alkyl carbamates (subject to hydrolysis) is 1. The Hall–Kier alpha value is -1.56. The summed E-state index contributed by atoms with van der Waals surface area (Å²) < 4.78 is 14.5. The van der Waals surface area contributed by atoms with Crippen LogP contribution in [0.5, 0.6) is 0 Å². The molecule has 1 amide bonds. The summed E-state index contributed by atoms with van der Waals surface area (Å²) >= 11 is 0. The van der Waals surface area contributed by atoms with Gasteiger partial charge >= 0.3 is 12.1 Å². The highest BCUT2D eigenvalue weighted by Gasteiger charge is 2.18. The fraction of sp³-hybridized carbons (Fsp3) is 0.667. The van der Waals surface area contributed by atoms with E-state index in [2.05, 4.69) is 10.1 Å². The van der Waals surface area contributed by atoms with Gasteiger partial charge in [-0.3, -0.25) is 0 Å². The van der Waals surface area contributed by atoms with E-state index >= 15 is 0 Å². The molecule has 0 radical (unpaired) electrons. The molecule has 0 aromatic rings. The van der Waals surface area contributed by atoms with Crippen molar-refractivity contribution in [2.75, 3.05) is 20.8 Å². The number of methoxy groups -OCH3 is 2. The molecule has 0 rings (SSSR count). The predicted octanol–water partition coefficient (Wildman–Crippen LogP) is 1.26. The smallest absolute Gasteiger partial charge is 0.408 e. The van der Waals surface area contributed by atoms with Gasteiger partial charge in [0, 0.05) is 13.2 Å². The Kier molecular flexibility index (Phi) is 7.04. The fourth-order valence-electron chi connectivity index (χ4n) is 1.05. The highest BCUT2D eigenvalue weighted by atomic mass is 16.6. The van der Waals surface area contributed by atoms with Crippen LogP contribution < -0.4 is 5.32 Å². The Bertz CT molecular complexity index is 306. The molecule has 0 spiro atoms. The first-order valence-electron chi connectivity index (χ1n) is 5.53. The van der Waals surface area contributed by atoms with Crippen molar-refractivity contribution in [1.29, 1.82) is 0 Å². The zero-order chi connectivity index (χ0) is 14.2. The van der Waals surface area contributed by atoms with E-state index in [9.17, 15) is 9.59 Å². The van der Waals surface area contributed by atoms with Gasteiger partial charge in [-0.05, 0) is 20.8 Å². The molecule has 0 heterocycles. The molecule has 0 saturated carbocycles. The number of esters is 1. The lowest BCUT2D eigenvalue weighted by molar-refractivity contribution is -0.134. The molecule has 18 heavy (non-hydrogen) atoms. The summed E-state index contributed by atoms with van der Waals surface area (Å²) in [5.74, 6) is -0.498. The van der Waals surface area contributed by atoms with Crippen LogP contribution in [-0.4, -0.2) is 44.5 Å². The summed E-state index contributed by atoms with van der Waals surface area (Å²) in [6, 6.07) is -0.455. The van der Waals surface area contributed by atoms with Crippen molar-refractivity contribution in [1.82, 2.24) is 5.32 Å². The van der Waals surface area contributed by atoms with Crippen molar-refractivity contribution < 1.29 is 23.8 Å². The molecule has 0 bridgehead atoms. The van der Waals surface area contributed by atoms with Gasteiger partial charge in [0.25, 0.3) is 0 Å². The average molecular weight is 259 g/mol. The number of nitrogens with one attached hydrogen (secondary N) is 1. The topological polar surface area (TPSA) is 73.9 Å². The van der Waals surface area contributed by atoms with E-state index in [4.69, 9.17) is 9.47 Å². The Morgan fingerprint density at radius 3 is 2.33 bits per heavy atom. The van der Waals surface area contributed by atoms with Gasteiger partial charge in [-0.15, -0.1) is 0 Å². The highest BCUT2D eigenvalue weighted by molar-refractivity contribution is 5.82. The largest absolute Gasteiger partial charge is 0.466 e. The molecular formula is C12H21NO5. The van der Waals surface area contributed by atoms with Gasteiger partial charge < -0.3 is 19.5 Å². The third-order valence-corrected chi connectivity index (χ3v) is 1.71. The van der Waals surface area contributed by atoms with E-state index < -0.39 is 23.7 Å². The van der Waals surface area contributed by atoms with E-state index in [-0.39, 0.29) is 6.61 Å². The summed E-state index contributed by atoms with van der Waals surface area (Å²) in [4.78, 5) is 22.5. The van der Waals surface area contributed by atoms with Crippen molar-refractivity contribution in [3.05, 3.63) is 12.2 Å². The second-order valence-electron chi connectivity index (χ2n) is 4.59. The van der Waals surface area contributed by atoms with Crippen molar-refractivity contribution in [2.24, 2.45) is 0 Å². The Morgan fingerprint density at radius 2 is 1.89 bits per heavy atom. The molecule has 0 aliphatic carbocycles. The molecule has 1 atom stereocenters. The van der Waals surface area contributed by atoms with Crippen LogP contribution in [0.1, 0.15) is 20.8 Å². The number of hydrogen-bond acceptors (Lipinski definition) is 5. The molecule has 0 aromatic carbocycles. The Morgan fingerprint density at radius 1 is 1.28 bits per heavy atom. The van der Waals surface area contributed by atoms with Crippen LogP contribution in [0, 0.1) is 0 Å². The zero-order valence-electron chi connectivity index (χ0n) is 11.5. The second kappa shape index (κ2) is 7.71. The van der Waals surface area contributed by atoms with Crippen LogP contribution >= 0.6 is 0 Å². The minimum absolute atomic E-state index is 0.229. The minimum Gasteiger partial charge on any atom is -0.466 e. The molecule has 1 unspecified atom stereocenters. The summed E-state index contributed by atoms with van der Waals surface area (Å²) in [7, 11) is 2.77. The van der Waals surface area contributed by atoms with Crippen LogP contribution in [0.4, 0.5) is 4.79 Å². The van der Waals surface area contributed by atoms with Gasteiger partial charge in [-0.25, -0.2) is 9.59 Å². The third kappa shape index (κ3) is 8.58. The first kappa shape index (κ1) is 16.4. The molecule has 1 N–H and O–H groups in total. The molecule has 6 heteroatoms. The molecule has 6 nitrogen and oxygen atoms in total. The van der Waals surface area contributed by atoms with Gasteiger partial charge in [-0.1, -0.05) is 6.08 Å². The first-order valence-corrected chi connectivity index (χ1v) is 5.53. The average Bonchev–Trinajstić information content (AvgIpc) is 2.23. The van der Waals surface area contributed by atoms with E-state index in [1.54, 1.807) is 20.8 Å². The Balaban J connectivity index is 4.39. The second-order valence-corrected chi connectivity index (χ2v) is 4.59. The Labute approximate surface area is 107 Å². The molecule has 0 aliphatic rings. The van der Waals surface area contributed by atoms with Crippen molar-refractivity contribution in [2.45, 2.75) is 32.4 Å². The van der Waals surface area contributed by atoms with Crippen LogP contribution in [-0.2, 0) is 19.0 Å². The number of carbonyl (C=O) groups excluding carboxylic acids is 2. The van der Waals surface area contributed by atoms with E-state index in [0.717, 1.165) is 0 Å². The standard InChI is InChI=1S/C12H21NO5/c1-12(2,3)18-11(15)13-9(8-16-4)6-7-10(14)17-5/h6-7,9H,8H2,1-5H3,(H,13,15)/b7-6-. The monoisotopic (exact) mass is 259 g/mol. The van der Waals surface area contributed by atoms with E-state index in [0.29, 0.717) is 0 Å². The third-order valence-electron chi connectivity index (χ3n) is 1.71. The molecule has 0 aromatic heterocycles. The quantitative estimate of drug-likeness (QED) is 0.594. The summed E-state index contributed by atoms with van der Waals surface area (Å²) in [5.41, 5.74) is -0.576. The fourth-order valence-corrected chi connectivity index (χ4v) is 1.05. The van der Waals surface area contributed by atoms with Crippen molar-refractivity contribution in [3.8, 4) is 0 Å². The number of amides is 1. The maximum atomic E-state index is 11.5. The number of carbonyl (C=O) groups is 2. The van der Waals surface area contributed by atoms with Crippen molar-refractivity contribution in [3.63, 3.8) is 0 Å². The SMILES string of the molecule is COCC(/C=C\C(=O)OC)NC(=O)OC(C)(C)C. The van der Waals surface area contributed by atoms with Crippen LogP contribution in [0.2, 0.25) is 0 Å². The van der Waals surface area contributed by atoms with Gasteiger partial charge in [-0.2, -0.15) is 0 Å². The first-order chi connectivity index (χ1) is 8.28. The minimum atomic E-state index is -0.576. The lowest BCUT2D eigenvalue weighted by Gasteiger charge is -2.22. The summed E-state index contributed by atoms with van der Waals surface area (Å²) in [6.07, 6.45) is 2.14. The molecular weight excluding hydrogens is 238 g/mol. The number of hydrogen-bond donors (Lipinski definition) is 1. The summed E-state index contributed by atoms with van der Waals surface area (Å²) in [5, 5.41) is 2.57. The molecule has 0 saturated heterocycles. The van der Waals surface area contributed by atoms with Crippen LogP contribution in [0.15, 0.2) is 12.2 Å². The van der Waals surface area contributed by atoms with E-state index in [1.807, 2.05) is 0 Å². The van der Waals surface area contributed by atoms with Gasteiger partial charge in [0.1, 0.15) is 5.60 Å². The van der Waals surface area contributed by atoms with Crippen molar-refractivity contribution >= 4 is 12.1 Å². The number of rotatable bonds is 5. The van der Waals surface area contributed by atoms with Gasteiger partial charge in [0.05, 0.1) is 19.8 Å². The van der Waals surface area contributed by atoms with Gasteiger partial charge in [0.2, 0.25) is 0 Å². The number of ether oxygens (including phenoxy) is 3. The van der Waals surface area contributed by atoms with Crippen LogP contribution in [0.25, 0.3) is 0 Å². The maximum absolute atomic E-state index is 11.5. The normalized spacial score (nSPS) is 13.2. The van der Waals surface area contributed by atoms with Crippen LogP contribution in [0.3, 0.4) is 0 Å². The zero-order valence-corrected chi connectivity index (χ0v) is 11.5.